The zero-order valence-corrected chi connectivity index (χ0v) is 12.1. The molecule has 1 aliphatic rings. The lowest BCUT2D eigenvalue weighted by Gasteiger charge is -2.21. The number of carboxylic acid groups (broad SMARTS) is 1. The van der Waals surface area contributed by atoms with E-state index in [1.165, 1.54) is 9.58 Å². The zero-order valence-electron chi connectivity index (χ0n) is 12.1. The molecule has 0 unspecified atom stereocenters. The van der Waals surface area contributed by atoms with Gasteiger partial charge in [-0.3, -0.25) is 19.6 Å². The topological polar surface area (TPSA) is 145 Å². The summed E-state index contributed by atoms with van der Waals surface area (Å²) in [7, 11) is 0. The Hall–Kier alpha value is -2.65. The molecule has 1 aromatic rings. The highest BCUT2D eigenvalue weighted by atomic mass is 16.6. The Kier molecular flexibility index (Phi) is 4.29. The van der Waals surface area contributed by atoms with Crippen LogP contribution in [0.15, 0.2) is 0 Å². The molecule has 1 atom stereocenters. The van der Waals surface area contributed by atoms with E-state index in [0.29, 0.717) is 13.0 Å². The molecule has 120 valence electrons. The van der Waals surface area contributed by atoms with Crippen LogP contribution in [0.2, 0.25) is 0 Å². The number of aromatic nitrogens is 2. The lowest BCUT2D eigenvalue weighted by molar-refractivity contribution is -0.385. The molecule has 3 N–H and O–H groups in total. The Morgan fingerprint density at radius 2 is 2.23 bits per heavy atom. The van der Waals surface area contributed by atoms with E-state index in [0.717, 1.165) is 6.42 Å². The van der Waals surface area contributed by atoms with E-state index in [-0.39, 0.29) is 30.4 Å². The van der Waals surface area contributed by atoms with Gasteiger partial charge in [-0.2, -0.15) is 5.10 Å². The van der Waals surface area contributed by atoms with E-state index < -0.39 is 22.6 Å². The van der Waals surface area contributed by atoms with Crippen LogP contribution in [0.25, 0.3) is 0 Å². The molecule has 1 aromatic heterocycles. The zero-order chi connectivity index (χ0) is 16.4. The fourth-order valence-electron chi connectivity index (χ4n) is 2.82. The maximum Gasteiger partial charge on any atom is 0.407 e. The van der Waals surface area contributed by atoms with Crippen LogP contribution in [0.5, 0.6) is 0 Å². The van der Waals surface area contributed by atoms with Gasteiger partial charge in [0.2, 0.25) is 5.69 Å². The Morgan fingerprint density at radius 3 is 2.73 bits per heavy atom. The molecule has 1 fully saturated rings. The second-order valence-corrected chi connectivity index (χ2v) is 5.07. The summed E-state index contributed by atoms with van der Waals surface area (Å²) in [6.45, 7) is 2.30. The molecule has 2 amide bonds. The van der Waals surface area contributed by atoms with Crippen LogP contribution in [0.1, 0.15) is 35.9 Å². The first-order valence-corrected chi connectivity index (χ1v) is 6.90. The molecule has 2 heterocycles. The van der Waals surface area contributed by atoms with Gasteiger partial charge >= 0.3 is 11.8 Å². The van der Waals surface area contributed by atoms with Gasteiger partial charge in [0.05, 0.1) is 17.5 Å². The Bertz CT molecular complexity index is 626. The van der Waals surface area contributed by atoms with Crippen LogP contribution < -0.4 is 5.73 Å². The first-order valence-electron chi connectivity index (χ1n) is 6.90. The number of hydrogen-bond donors (Lipinski definition) is 2. The van der Waals surface area contributed by atoms with Gasteiger partial charge in [-0.1, -0.05) is 6.92 Å². The summed E-state index contributed by atoms with van der Waals surface area (Å²) < 4.78 is 1.34. The second kappa shape index (κ2) is 6.00. The Labute approximate surface area is 125 Å². The fraction of sp³-hybridized carbons (Fsp3) is 0.583. The first kappa shape index (κ1) is 15.7. The molecule has 1 aliphatic heterocycles. The van der Waals surface area contributed by atoms with Crippen molar-refractivity contribution in [2.24, 2.45) is 5.73 Å². The van der Waals surface area contributed by atoms with Gasteiger partial charge < -0.3 is 15.7 Å². The molecule has 10 heteroatoms. The van der Waals surface area contributed by atoms with Crippen molar-refractivity contribution in [2.75, 3.05) is 6.54 Å². The Morgan fingerprint density at radius 1 is 1.55 bits per heavy atom. The van der Waals surface area contributed by atoms with Crippen molar-refractivity contribution in [3.8, 4) is 0 Å². The minimum Gasteiger partial charge on any atom is -0.465 e. The first-order chi connectivity index (χ1) is 10.4. The largest absolute Gasteiger partial charge is 0.465 e. The van der Waals surface area contributed by atoms with Gasteiger partial charge in [-0.25, -0.2) is 4.79 Å². The van der Waals surface area contributed by atoms with Gasteiger partial charge in [0.15, 0.2) is 0 Å². The lowest BCUT2D eigenvalue weighted by atomic mass is 10.2. The maximum absolute atomic E-state index is 11.4. The monoisotopic (exact) mass is 311 g/mol. The van der Waals surface area contributed by atoms with Crippen LogP contribution in [0.3, 0.4) is 0 Å². The summed E-state index contributed by atoms with van der Waals surface area (Å²) in [5, 5.41) is 24.2. The second-order valence-electron chi connectivity index (χ2n) is 5.07. The summed E-state index contributed by atoms with van der Waals surface area (Å²) in [6, 6.07) is -0.317. The van der Waals surface area contributed by atoms with Gasteiger partial charge in [0.1, 0.15) is 5.69 Å². The van der Waals surface area contributed by atoms with E-state index in [1.54, 1.807) is 6.92 Å². The fourth-order valence-corrected chi connectivity index (χ4v) is 2.82. The number of nitro groups is 1. The van der Waals surface area contributed by atoms with Crippen LogP contribution in [-0.2, 0) is 13.0 Å². The molecule has 0 bridgehead atoms. The predicted octanol–water partition coefficient (Wildman–Crippen LogP) is 0.595. The number of hydrogen-bond acceptors (Lipinski definition) is 5. The molecule has 0 aromatic carbocycles. The van der Waals surface area contributed by atoms with Crippen molar-refractivity contribution in [2.45, 2.75) is 38.8 Å². The van der Waals surface area contributed by atoms with Crippen LogP contribution >= 0.6 is 0 Å². The summed E-state index contributed by atoms with van der Waals surface area (Å²) in [5.41, 5.74) is 4.64. The minimum atomic E-state index is -1.03. The molecule has 22 heavy (non-hydrogen) atoms. The predicted molar refractivity (Wildman–Crippen MR) is 74.5 cm³/mol. The quantitative estimate of drug-likeness (QED) is 0.601. The highest BCUT2D eigenvalue weighted by Crippen LogP contribution is 2.26. The van der Waals surface area contributed by atoms with Crippen molar-refractivity contribution >= 4 is 17.7 Å². The Balaban J connectivity index is 2.39. The molecule has 0 aliphatic carbocycles. The van der Waals surface area contributed by atoms with E-state index in [2.05, 4.69) is 5.10 Å². The van der Waals surface area contributed by atoms with Crippen molar-refractivity contribution in [1.82, 2.24) is 14.7 Å². The van der Waals surface area contributed by atoms with Gasteiger partial charge in [0, 0.05) is 6.54 Å². The van der Waals surface area contributed by atoms with E-state index >= 15 is 0 Å². The summed E-state index contributed by atoms with van der Waals surface area (Å²) in [5.74, 6) is -0.971. The number of primary amides is 1. The maximum atomic E-state index is 11.4. The summed E-state index contributed by atoms with van der Waals surface area (Å²) >= 11 is 0. The standard InChI is InChI=1S/C12H17N5O5/c1-2-8-10(17(21)22)9(11(13)18)14-16(8)6-7-4-3-5-15(7)12(19)20/h7H,2-6H2,1H3,(H2,13,18)(H,19,20)/t7-/m1/s1. The number of likely N-dealkylation sites (tertiary alicyclic amines) is 1. The van der Waals surface area contributed by atoms with Crippen LogP contribution in [0, 0.1) is 10.1 Å². The average Bonchev–Trinajstić information content (AvgIpc) is 3.03. The number of nitrogens with zero attached hydrogens (tertiary/aromatic N) is 4. The normalized spacial score (nSPS) is 17.7. The summed E-state index contributed by atoms with van der Waals surface area (Å²) in [4.78, 5) is 34.3. The van der Waals surface area contributed by atoms with E-state index in [9.17, 15) is 19.7 Å². The third-order valence-corrected chi connectivity index (χ3v) is 3.79. The van der Waals surface area contributed by atoms with Crippen molar-refractivity contribution < 1.29 is 19.6 Å². The van der Waals surface area contributed by atoms with Crippen molar-refractivity contribution in [3.05, 3.63) is 21.5 Å². The molecular formula is C12H17N5O5. The van der Waals surface area contributed by atoms with Gasteiger partial charge in [-0.05, 0) is 19.3 Å². The van der Waals surface area contributed by atoms with Gasteiger partial charge in [0.25, 0.3) is 5.91 Å². The van der Waals surface area contributed by atoms with Crippen molar-refractivity contribution in [1.29, 1.82) is 0 Å². The van der Waals surface area contributed by atoms with Gasteiger partial charge in [-0.15, -0.1) is 0 Å². The number of rotatable bonds is 5. The lowest BCUT2D eigenvalue weighted by Crippen LogP contribution is -2.37. The number of nitrogens with two attached hydrogens (primary N) is 1. The molecule has 1 saturated heterocycles. The highest BCUT2D eigenvalue weighted by molar-refractivity contribution is 5.95. The highest BCUT2D eigenvalue weighted by Gasteiger charge is 2.34. The third kappa shape index (κ3) is 2.71. The molecule has 0 saturated carbocycles. The molecule has 2 rings (SSSR count). The molecular weight excluding hydrogens is 294 g/mol. The molecule has 0 radical (unpaired) electrons. The number of amides is 2. The summed E-state index contributed by atoms with van der Waals surface area (Å²) in [6.07, 6.45) is 0.632. The van der Waals surface area contributed by atoms with E-state index in [4.69, 9.17) is 10.8 Å². The molecule has 0 spiro atoms. The molecule has 10 nitrogen and oxygen atoms in total. The van der Waals surface area contributed by atoms with Crippen LogP contribution in [0.4, 0.5) is 10.5 Å². The smallest absolute Gasteiger partial charge is 0.407 e. The number of carbonyl (C=O) groups excluding carboxylic acids is 1. The van der Waals surface area contributed by atoms with Crippen LogP contribution in [-0.4, -0.2) is 49.3 Å². The minimum absolute atomic E-state index is 0.170. The number of carbonyl (C=O) groups is 2. The average molecular weight is 311 g/mol. The third-order valence-electron chi connectivity index (χ3n) is 3.79. The van der Waals surface area contributed by atoms with Crippen molar-refractivity contribution in [3.63, 3.8) is 0 Å². The van der Waals surface area contributed by atoms with E-state index in [1.807, 2.05) is 0 Å². The SMILES string of the molecule is CCc1c([N+](=O)[O-])c(C(N)=O)nn1C[C@H]1CCCN1C(=O)O.